The molecular weight excluding hydrogens is 235 g/mol. The number of alkyl halides is 3. The fraction of sp³-hybridized carbons (Fsp3) is 1.00. The summed E-state index contributed by atoms with van der Waals surface area (Å²) in [6.45, 7) is 0. The summed E-state index contributed by atoms with van der Waals surface area (Å²) in [7, 11) is -5.37. The van der Waals surface area contributed by atoms with Gasteiger partial charge in [0.2, 0.25) is 0 Å². The molecule has 0 unspecified atom stereocenters. The minimum atomic E-state index is -5.37. The number of halogens is 3. The summed E-state index contributed by atoms with van der Waals surface area (Å²) in [6.07, 6.45) is 0.390. The lowest BCUT2D eigenvalue weighted by atomic mass is 9.94. The second kappa shape index (κ2) is 4.26. The predicted molar refractivity (Wildman–Crippen MR) is 46.6 cm³/mol. The van der Waals surface area contributed by atoms with E-state index < -0.39 is 27.7 Å². The van der Waals surface area contributed by atoms with Crippen LogP contribution < -0.4 is 0 Å². The van der Waals surface area contributed by atoms with Gasteiger partial charge < -0.3 is 9.83 Å². The maximum absolute atomic E-state index is 11.9. The number of rotatable bonds is 2. The van der Waals surface area contributed by atoms with E-state index in [1.54, 1.807) is 0 Å². The summed E-state index contributed by atoms with van der Waals surface area (Å²) in [5.74, 6) is 0. The van der Waals surface area contributed by atoms with Gasteiger partial charge in [0.05, 0.1) is 6.10 Å². The lowest BCUT2D eigenvalue weighted by molar-refractivity contribution is -0.0428. The molecule has 0 radical (unpaired) electrons. The van der Waals surface area contributed by atoms with Crippen molar-refractivity contribution in [3.8, 4) is 0 Å². The Morgan fingerprint density at radius 1 is 1.13 bits per heavy atom. The standard InChI is InChI=1S/C7H11F3NO3S/c8-7(9,10)15(13,14)11-5-1-3-6(12)4-2-5/h5-6,12H,1-4H2/q-1. The molecule has 0 bridgehead atoms. The van der Waals surface area contributed by atoms with E-state index in [9.17, 15) is 21.6 Å². The molecule has 8 heteroatoms. The van der Waals surface area contributed by atoms with Crippen LogP contribution in [0.4, 0.5) is 13.2 Å². The van der Waals surface area contributed by atoms with Gasteiger partial charge >= 0.3 is 5.51 Å². The highest BCUT2D eigenvalue weighted by molar-refractivity contribution is 7.94. The van der Waals surface area contributed by atoms with Gasteiger partial charge in [-0.15, -0.1) is 6.04 Å². The highest BCUT2D eigenvalue weighted by atomic mass is 32.2. The van der Waals surface area contributed by atoms with Crippen LogP contribution in [0.25, 0.3) is 4.72 Å². The van der Waals surface area contributed by atoms with Crippen LogP contribution >= 0.6 is 0 Å². The molecule has 0 aromatic rings. The van der Waals surface area contributed by atoms with E-state index in [1.807, 2.05) is 0 Å². The third-order valence-electron chi connectivity index (χ3n) is 2.25. The van der Waals surface area contributed by atoms with Gasteiger partial charge in [0.25, 0.3) is 0 Å². The van der Waals surface area contributed by atoms with Crippen molar-refractivity contribution in [2.75, 3.05) is 0 Å². The first-order chi connectivity index (χ1) is 6.72. The van der Waals surface area contributed by atoms with Crippen molar-refractivity contribution in [1.82, 2.24) is 0 Å². The Labute approximate surface area is 85.5 Å². The number of aliphatic hydroxyl groups is 1. The van der Waals surface area contributed by atoms with Gasteiger partial charge in [-0.2, -0.15) is 13.2 Å². The van der Waals surface area contributed by atoms with Crippen LogP contribution in [0.15, 0.2) is 0 Å². The average Bonchev–Trinajstić information content (AvgIpc) is 2.06. The van der Waals surface area contributed by atoms with Crippen LogP contribution in [-0.4, -0.2) is 31.2 Å². The van der Waals surface area contributed by atoms with Crippen molar-refractivity contribution in [2.45, 2.75) is 43.3 Å². The Morgan fingerprint density at radius 3 is 2.00 bits per heavy atom. The maximum Gasteiger partial charge on any atom is 0.480 e. The van der Waals surface area contributed by atoms with Crippen molar-refractivity contribution >= 4 is 10.0 Å². The Hall–Kier alpha value is -0.340. The molecule has 1 saturated carbocycles. The first-order valence-corrected chi connectivity index (χ1v) is 5.88. The molecule has 0 aliphatic heterocycles. The quantitative estimate of drug-likeness (QED) is 0.803. The van der Waals surface area contributed by atoms with Crippen LogP contribution in [0.1, 0.15) is 25.7 Å². The highest BCUT2D eigenvalue weighted by Gasteiger charge is 2.39. The summed E-state index contributed by atoms with van der Waals surface area (Å²) >= 11 is 0. The van der Waals surface area contributed by atoms with E-state index in [0.29, 0.717) is 12.8 Å². The first-order valence-electron chi connectivity index (χ1n) is 4.44. The van der Waals surface area contributed by atoms with Crippen LogP contribution in [0.3, 0.4) is 0 Å². The monoisotopic (exact) mass is 246 g/mol. The number of nitrogens with zero attached hydrogens (tertiary/aromatic N) is 1. The van der Waals surface area contributed by atoms with Crippen LogP contribution in [0.5, 0.6) is 0 Å². The summed E-state index contributed by atoms with van der Waals surface area (Å²) < 4.78 is 59.9. The number of hydrogen-bond donors (Lipinski definition) is 1. The molecular formula is C7H11F3NO3S-. The Morgan fingerprint density at radius 2 is 1.60 bits per heavy atom. The molecule has 1 aliphatic carbocycles. The minimum Gasteiger partial charge on any atom is -0.538 e. The molecule has 0 aromatic heterocycles. The van der Waals surface area contributed by atoms with Gasteiger partial charge in [-0.25, -0.2) is 8.42 Å². The first kappa shape index (κ1) is 12.7. The number of aliphatic hydroxyl groups excluding tert-OH is 1. The lowest BCUT2D eigenvalue weighted by Gasteiger charge is -2.36. The molecule has 1 rings (SSSR count). The summed E-state index contributed by atoms with van der Waals surface area (Å²) in [6, 6.07) is -0.847. The second-order valence-electron chi connectivity index (χ2n) is 3.49. The Kier molecular flexibility index (Phi) is 3.62. The molecule has 0 aromatic carbocycles. The molecule has 4 nitrogen and oxygen atoms in total. The van der Waals surface area contributed by atoms with Gasteiger partial charge in [-0.3, -0.25) is 0 Å². The van der Waals surface area contributed by atoms with Crippen molar-refractivity contribution in [1.29, 1.82) is 0 Å². The van der Waals surface area contributed by atoms with Crippen LogP contribution in [-0.2, 0) is 10.0 Å². The van der Waals surface area contributed by atoms with E-state index in [-0.39, 0.29) is 12.8 Å². The smallest absolute Gasteiger partial charge is 0.480 e. The number of sulfonamides is 1. The van der Waals surface area contributed by atoms with Crippen LogP contribution in [0, 0.1) is 0 Å². The minimum absolute atomic E-state index is 0.177. The van der Waals surface area contributed by atoms with Crippen molar-refractivity contribution < 1.29 is 26.7 Å². The number of hydrogen-bond acceptors (Lipinski definition) is 3. The van der Waals surface area contributed by atoms with E-state index in [2.05, 4.69) is 4.72 Å². The van der Waals surface area contributed by atoms with Gasteiger partial charge in [0, 0.05) is 0 Å². The third-order valence-corrected chi connectivity index (χ3v) is 3.41. The second-order valence-corrected chi connectivity index (χ2v) is 5.11. The Balaban J connectivity index is 2.56. The van der Waals surface area contributed by atoms with Crippen LogP contribution in [0.2, 0.25) is 0 Å². The molecule has 1 N–H and O–H groups in total. The van der Waals surface area contributed by atoms with Gasteiger partial charge in [0.1, 0.15) is 0 Å². The summed E-state index contributed by atoms with van der Waals surface area (Å²) in [5.41, 5.74) is -5.32. The molecule has 0 amide bonds. The Bertz CT molecular complexity index is 306. The summed E-state index contributed by atoms with van der Waals surface area (Å²) in [4.78, 5) is 0. The van der Waals surface area contributed by atoms with E-state index in [0.717, 1.165) is 0 Å². The molecule has 0 atom stereocenters. The average molecular weight is 246 g/mol. The van der Waals surface area contributed by atoms with Crippen molar-refractivity contribution in [3.05, 3.63) is 4.72 Å². The van der Waals surface area contributed by atoms with Crippen molar-refractivity contribution in [2.24, 2.45) is 0 Å². The van der Waals surface area contributed by atoms with Gasteiger partial charge in [-0.05, 0) is 12.8 Å². The van der Waals surface area contributed by atoms with E-state index >= 15 is 0 Å². The normalized spacial score (nSPS) is 29.1. The fourth-order valence-electron chi connectivity index (χ4n) is 1.42. The van der Waals surface area contributed by atoms with E-state index in [4.69, 9.17) is 5.11 Å². The molecule has 1 fully saturated rings. The maximum atomic E-state index is 11.9. The highest BCUT2D eigenvalue weighted by Crippen LogP contribution is 2.33. The zero-order valence-electron chi connectivity index (χ0n) is 7.74. The van der Waals surface area contributed by atoms with Gasteiger partial charge in [0.15, 0.2) is 10.0 Å². The largest absolute Gasteiger partial charge is 0.538 e. The van der Waals surface area contributed by atoms with Gasteiger partial charge in [-0.1, -0.05) is 12.8 Å². The molecule has 1 aliphatic rings. The topological polar surface area (TPSA) is 68.5 Å². The lowest BCUT2D eigenvalue weighted by Crippen LogP contribution is -2.29. The third kappa shape index (κ3) is 3.32. The fourth-order valence-corrected chi connectivity index (χ4v) is 2.14. The zero-order valence-corrected chi connectivity index (χ0v) is 8.55. The van der Waals surface area contributed by atoms with E-state index in [1.165, 1.54) is 0 Å². The molecule has 15 heavy (non-hydrogen) atoms. The predicted octanol–water partition coefficient (Wildman–Crippen LogP) is 1.51. The SMILES string of the molecule is O=S(=O)([N-]C1CCC(O)CC1)C(F)(F)F. The summed E-state index contributed by atoms with van der Waals surface area (Å²) in [5, 5.41) is 9.07. The molecule has 90 valence electrons. The van der Waals surface area contributed by atoms with Crippen molar-refractivity contribution in [3.63, 3.8) is 0 Å². The molecule has 0 heterocycles. The zero-order chi connectivity index (χ0) is 11.7. The molecule has 0 saturated heterocycles. The molecule has 0 spiro atoms.